The summed E-state index contributed by atoms with van der Waals surface area (Å²) in [6, 6.07) is 22.8. The quantitative estimate of drug-likeness (QED) is 0.371. The van der Waals surface area contributed by atoms with E-state index in [4.69, 9.17) is 27.9 Å². The van der Waals surface area contributed by atoms with Crippen molar-refractivity contribution in [3.05, 3.63) is 94.0 Å². The topological polar surface area (TPSA) is 41.6 Å². The van der Waals surface area contributed by atoms with Crippen LogP contribution in [0.15, 0.2) is 72.8 Å². The van der Waals surface area contributed by atoms with Crippen LogP contribution in [-0.4, -0.2) is 31.1 Å². The fourth-order valence-corrected chi connectivity index (χ4v) is 4.02. The molecule has 1 aliphatic rings. The van der Waals surface area contributed by atoms with E-state index in [1.54, 1.807) is 24.3 Å². The Balaban J connectivity index is 1.44. The third kappa shape index (κ3) is 5.04. The summed E-state index contributed by atoms with van der Waals surface area (Å²) in [6.07, 6.45) is 0.342. The second kappa shape index (κ2) is 9.73. The minimum absolute atomic E-state index is 0.0336. The van der Waals surface area contributed by atoms with Gasteiger partial charge in [-0.3, -0.25) is 4.79 Å². The maximum atomic E-state index is 13.0. The number of hydrogen-bond acceptors (Lipinski definition) is 3. The lowest BCUT2D eigenvalue weighted by Gasteiger charge is -2.47. The number of amides is 1. The SMILES string of the molecule is Cc1ccccc1N1C(=O)[C@@H](Oc2ccc(Cl)cc2)[C@H]1CNCCc1ccc(Cl)cc1. The molecule has 0 aliphatic carbocycles. The van der Waals surface area contributed by atoms with Crippen molar-refractivity contribution in [2.45, 2.75) is 25.5 Å². The molecule has 4 rings (SSSR count). The number of nitrogens with zero attached hydrogens (tertiary/aromatic N) is 1. The van der Waals surface area contributed by atoms with Gasteiger partial charge in [0.05, 0.1) is 6.04 Å². The van der Waals surface area contributed by atoms with Crippen LogP contribution in [0.4, 0.5) is 5.69 Å². The van der Waals surface area contributed by atoms with E-state index in [1.807, 2.05) is 60.4 Å². The number of ether oxygens (including phenoxy) is 1. The van der Waals surface area contributed by atoms with Crippen LogP contribution < -0.4 is 15.0 Å². The highest BCUT2D eigenvalue weighted by molar-refractivity contribution is 6.30. The average molecular weight is 455 g/mol. The van der Waals surface area contributed by atoms with Crippen LogP contribution in [0.1, 0.15) is 11.1 Å². The van der Waals surface area contributed by atoms with Crippen molar-refractivity contribution in [2.75, 3.05) is 18.0 Å². The number of rotatable bonds is 8. The first-order chi connectivity index (χ1) is 15.0. The Hall–Kier alpha value is -2.53. The molecule has 4 nitrogen and oxygen atoms in total. The molecule has 0 aromatic heterocycles. The number of hydrogen-bond donors (Lipinski definition) is 1. The van der Waals surface area contributed by atoms with Crippen LogP contribution in [0.25, 0.3) is 0 Å². The van der Waals surface area contributed by atoms with Crippen LogP contribution >= 0.6 is 23.2 Å². The third-order valence-electron chi connectivity index (χ3n) is 5.47. The molecule has 1 saturated heterocycles. The Bertz CT molecular complexity index is 1040. The molecule has 1 aliphatic heterocycles. The zero-order valence-electron chi connectivity index (χ0n) is 17.2. The van der Waals surface area contributed by atoms with Crippen molar-refractivity contribution in [1.29, 1.82) is 0 Å². The molecule has 1 N–H and O–H groups in total. The predicted molar refractivity (Wildman–Crippen MR) is 126 cm³/mol. The summed E-state index contributed by atoms with van der Waals surface area (Å²) >= 11 is 11.9. The summed E-state index contributed by atoms with van der Waals surface area (Å²) < 4.78 is 6.05. The highest BCUT2D eigenvalue weighted by Gasteiger charge is 2.50. The Morgan fingerprint density at radius 1 is 0.935 bits per heavy atom. The smallest absolute Gasteiger partial charge is 0.270 e. The van der Waals surface area contributed by atoms with E-state index in [9.17, 15) is 4.79 Å². The Kier molecular flexibility index (Phi) is 6.81. The molecule has 1 fully saturated rings. The number of aryl methyl sites for hydroxylation is 1. The van der Waals surface area contributed by atoms with Gasteiger partial charge in [0.25, 0.3) is 5.91 Å². The van der Waals surface area contributed by atoms with Crippen molar-refractivity contribution < 1.29 is 9.53 Å². The maximum absolute atomic E-state index is 13.0. The van der Waals surface area contributed by atoms with Gasteiger partial charge in [0.2, 0.25) is 0 Å². The van der Waals surface area contributed by atoms with E-state index < -0.39 is 6.10 Å². The van der Waals surface area contributed by atoms with E-state index in [0.717, 1.165) is 29.2 Å². The van der Waals surface area contributed by atoms with Crippen molar-refractivity contribution in [3.8, 4) is 5.75 Å². The van der Waals surface area contributed by atoms with Gasteiger partial charge in [-0.05, 0) is 73.5 Å². The minimum Gasteiger partial charge on any atom is -0.478 e. The van der Waals surface area contributed by atoms with Gasteiger partial charge >= 0.3 is 0 Å². The molecule has 31 heavy (non-hydrogen) atoms. The van der Waals surface area contributed by atoms with Gasteiger partial charge in [0.1, 0.15) is 5.75 Å². The molecule has 3 aromatic carbocycles. The number of β-lactam (4-membered cyclic amide) rings is 1. The molecule has 160 valence electrons. The summed E-state index contributed by atoms with van der Waals surface area (Å²) in [5.74, 6) is 0.604. The van der Waals surface area contributed by atoms with E-state index in [-0.39, 0.29) is 11.9 Å². The lowest BCUT2D eigenvalue weighted by Crippen LogP contribution is -2.70. The zero-order chi connectivity index (χ0) is 21.8. The van der Waals surface area contributed by atoms with Crippen LogP contribution in [-0.2, 0) is 11.2 Å². The highest BCUT2D eigenvalue weighted by Crippen LogP contribution is 2.33. The van der Waals surface area contributed by atoms with E-state index in [0.29, 0.717) is 17.3 Å². The van der Waals surface area contributed by atoms with Gasteiger partial charge in [-0.15, -0.1) is 0 Å². The largest absolute Gasteiger partial charge is 0.478 e. The summed E-state index contributed by atoms with van der Waals surface area (Å²) in [5, 5.41) is 4.86. The minimum atomic E-state index is -0.538. The lowest BCUT2D eigenvalue weighted by atomic mass is 9.95. The normalized spacial score (nSPS) is 18.0. The Labute approximate surface area is 192 Å². The van der Waals surface area contributed by atoms with Crippen molar-refractivity contribution >= 4 is 34.8 Å². The number of halogens is 2. The van der Waals surface area contributed by atoms with Gasteiger partial charge in [-0.2, -0.15) is 0 Å². The monoisotopic (exact) mass is 454 g/mol. The Morgan fingerprint density at radius 3 is 2.26 bits per heavy atom. The molecule has 0 unspecified atom stereocenters. The van der Waals surface area contributed by atoms with Crippen LogP contribution in [0.5, 0.6) is 5.75 Å². The maximum Gasteiger partial charge on any atom is 0.270 e. The van der Waals surface area contributed by atoms with Gasteiger partial charge in [-0.1, -0.05) is 53.5 Å². The first-order valence-corrected chi connectivity index (χ1v) is 11.0. The Morgan fingerprint density at radius 2 is 1.58 bits per heavy atom. The standard InChI is InChI=1S/C25H24Cl2N2O2/c1-17-4-2-3-5-22(17)29-23(16-28-15-14-18-6-8-19(26)9-7-18)24(25(29)30)31-21-12-10-20(27)11-13-21/h2-13,23-24,28H,14-16H2,1H3/t23-,24+/m1/s1. The van der Waals surface area contributed by atoms with Crippen LogP contribution in [0.3, 0.4) is 0 Å². The molecule has 0 bridgehead atoms. The fourth-order valence-electron chi connectivity index (χ4n) is 3.77. The summed E-state index contributed by atoms with van der Waals surface area (Å²) in [6.45, 7) is 3.44. The number of anilines is 1. The van der Waals surface area contributed by atoms with E-state index in [2.05, 4.69) is 5.32 Å². The molecule has 1 heterocycles. The number of carbonyl (C=O) groups excluding carboxylic acids is 1. The second-order valence-electron chi connectivity index (χ2n) is 7.64. The van der Waals surface area contributed by atoms with Gasteiger partial charge < -0.3 is 15.0 Å². The molecular weight excluding hydrogens is 431 g/mol. The predicted octanol–water partition coefficient (Wildman–Crippen LogP) is 5.30. The van der Waals surface area contributed by atoms with Crippen molar-refractivity contribution in [3.63, 3.8) is 0 Å². The van der Waals surface area contributed by atoms with Crippen molar-refractivity contribution in [1.82, 2.24) is 5.32 Å². The number of benzene rings is 3. The van der Waals surface area contributed by atoms with Crippen LogP contribution in [0.2, 0.25) is 10.0 Å². The molecule has 6 heteroatoms. The average Bonchev–Trinajstić information content (AvgIpc) is 2.77. The second-order valence-corrected chi connectivity index (χ2v) is 8.51. The summed E-state index contributed by atoms with van der Waals surface area (Å²) in [5.41, 5.74) is 3.20. The number of nitrogens with one attached hydrogen (secondary N) is 1. The van der Waals surface area contributed by atoms with E-state index in [1.165, 1.54) is 5.56 Å². The van der Waals surface area contributed by atoms with Gasteiger partial charge in [-0.25, -0.2) is 0 Å². The third-order valence-corrected chi connectivity index (χ3v) is 5.97. The molecule has 2 atom stereocenters. The number of carbonyl (C=O) groups is 1. The van der Waals surface area contributed by atoms with Gasteiger partial charge in [0, 0.05) is 22.3 Å². The van der Waals surface area contributed by atoms with E-state index >= 15 is 0 Å². The number of para-hydroxylation sites is 1. The summed E-state index contributed by atoms with van der Waals surface area (Å²) in [7, 11) is 0. The first-order valence-electron chi connectivity index (χ1n) is 10.3. The molecule has 3 aromatic rings. The van der Waals surface area contributed by atoms with Crippen molar-refractivity contribution in [2.24, 2.45) is 0 Å². The summed E-state index contributed by atoms with van der Waals surface area (Å²) in [4.78, 5) is 14.9. The van der Waals surface area contributed by atoms with Gasteiger partial charge in [0.15, 0.2) is 6.10 Å². The first kappa shape index (κ1) is 21.7. The molecule has 0 saturated carbocycles. The molecule has 1 amide bonds. The fraction of sp³-hybridized carbons (Fsp3) is 0.240. The van der Waals surface area contributed by atoms with Crippen LogP contribution in [0, 0.1) is 6.92 Å². The zero-order valence-corrected chi connectivity index (χ0v) is 18.7. The highest BCUT2D eigenvalue weighted by atomic mass is 35.5. The molecule has 0 spiro atoms. The lowest BCUT2D eigenvalue weighted by molar-refractivity contribution is -0.134. The molecule has 0 radical (unpaired) electrons. The molecular formula is C25H24Cl2N2O2.